The summed E-state index contributed by atoms with van der Waals surface area (Å²) in [6.07, 6.45) is 0. The maximum absolute atomic E-state index is 12.3. The Labute approximate surface area is 136 Å². The fraction of sp³-hybridized carbons (Fsp3) is 0.267. The highest BCUT2D eigenvalue weighted by Crippen LogP contribution is 2.22. The number of amides is 1. The van der Waals surface area contributed by atoms with Crippen molar-refractivity contribution in [3.8, 4) is 0 Å². The number of halogens is 1. The predicted octanol–water partition coefficient (Wildman–Crippen LogP) is 2.62. The van der Waals surface area contributed by atoms with Crippen LogP contribution < -0.4 is 5.32 Å². The molecule has 0 fully saturated rings. The van der Waals surface area contributed by atoms with Crippen LogP contribution in [0.1, 0.15) is 16.3 Å². The molecular weight excluding hydrogens is 326 g/mol. The minimum atomic E-state index is -1.33. The van der Waals surface area contributed by atoms with Gasteiger partial charge in [0.05, 0.1) is 33.1 Å². The smallest absolute Gasteiger partial charge is 0.287 e. The van der Waals surface area contributed by atoms with Crippen molar-refractivity contribution in [2.45, 2.75) is 10.6 Å². The van der Waals surface area contributed by atoms with Crippen molar-refractivity contribution in [1.29, 1.82) is 0 Å². The van der Waals surface area contributed by atoms with Crippen molar-refractivity contribution in [3.05, 3.63) is 52.9 Å². The van der Waals surface area contributed by atoms with Crippen LogP contribution in [0, 0.1) is 0 Å². The number of benzene rings is 1. The first-order valence-corrected chi connectivity index (χ1v) is 8.30. The van der Waals surface area contributed by atoms with Crippen LogP contribution in [0.2, 0.25) is 5.02 Å². The summed E-state index contributed by atoms with van der Waals surface area (Å²) in [5.41, 5.74) is 0. The van der Waals surface area contributed by atoms with Gasteiger partial charge in [-0.15, -0.1) is 0 Å². The van der Waals surface area contributed by atoms with Crippen LogP contribution >= 0.6 is 11.6 Å². The summed E-state index contributed by atoms with van der Waals surface area (Å²) in [6.45, 7) is 0.826. The van der Waals surface area contributed by atoms with Crippen molar-refractivity contribution >= 4 is 28.3 Å². The molecule has 0 unspecified atom stereocenters. The third kappa shape index (κ3) is 4.43. The maximum Gasteiger partial charge on any atom is 0.287 e. The SMILES string of the molecule is COCCNC(=O)c1ccc(C[S@](=O)c2ccccc2Cl)o1. The average Bonchev–Trinajstić information content (AvgIpc) is 2.96. The molecular formula is C15H16ClNO4S. The Hall–Kier alpha value is -1.63. The largest absolute Gasteiger partial charge is 0.455 e. The lowest BCUT2D eigenvalue weighted by Gasteiger charge is -2.03. The number of ether oxygens (including phenoxy) is 1. The molecule has 1 aromatic heterocycles. The number of carbonyl (C=O) groups excluding carboxylic acids is 1. The maximum atomic E-state index is 12.3. The summed E-state index contributed by atoms with van der Waals surface area (Å²) in [5.74, 6) is 0.485. The zero-order valence-electron chi connectivity index (χ0n) is 12.0. The number of hydrogen-bond acceptors (Lipinski definition) is 4. The zero-order chi connectivity index (χ0) is 15.9. The van der Waals surface area contributed by atoms with E-state index in [0.29, 0.717) is 28.8 Å². The standard InChI is InChI=1S/C15H16ClNO4S/c1-20-9-8-17-15(18)13-7-6-11(21-13)10-22(19)14-5-3-2-4-12(14)16/h2-7H,8-10H2,1H3,(H,17,18)/t22-/m0/s1. The van der Waals surface area contributed by atoms with Gasteiger partial charge in [-0.25, -0.2) is 0 Å². The molecule has 7 heteroatoms. The first kappa shape index (κ1) is 16.7. The van der Waals surface area contributed by atoms with Gasteiger partial charge in [-0.2, -0.15) is 0 Å². The van der Waals surface area contributed by atoms with Crippen LogP contribution in [0.3, 0.4) is 0 Å². The Kier molecular flexibility index (Phi) is 6.18. The van der Waals surface area contributed by atoms with Crippen molar-refractivity contribution in [2.75, 3.05) is 20.3 Å². The fourth-order valence-electron chi connectivity index (χ4n) is 1.77. The van der Waals surface area contributed by atoms with E-state index in [1.54, 1.807) is 43.5 Å². The number of nitrogens with one attached hydrogen (secondary N) is 1. The van der Waals surface area contributed by atoms with Crippen LogP contribution in [0.15, 0.2) is 45.7 Å². The number of hydrogen-bond donors (Lipinski definition) is 1. The minimum Gasteiger partial charge on any atom is -0.455 e. The summed E-state index contributed by atoms with van der Waals surface area (Å²) in [5, 5.41) is 3.10. The van der Waals surface area contributed by atoms with Crippen LogP contribution in [-0.2, 0) is 21.3 Å². The molecule has 0 spiro atoms. The monoisotopic (exact) mass is 341 g/mol. The van der Waals surface area contributed by atoms with Crippen LogP contribution in [0.5, 0.6) is 0 Å². The first-order valence-electron chi connectivity index (χ1n) is 6.60. The predicted molar refractivity (Wildman–Crippen MR) is 84.5 cm³/mol. The van der Waals surface area contributed by atoms with Gasteiger partial charge < -0.3 is 14.5 Å². The second kappa shape index (κ2) is 8.12. The highest BCUT2D eigenvalue weighted by Gasteiger charge is 2.14. The van der Waals surface area contributed by atoms with Gasteiger partial charge in [-0.1, -0.05) is 23.7 Å². The lowest BCUT2D eigenvalue weighted by atomic mass is 10.4. The molecule has 5 nitrogen and oxygen atoms in total. The van der Waals surface area contributed by atoms with Crippen molar-refractivity contribution < 1.29 is 18.2 Å². The lowest BCUT2D eigenvalue weighted by molar-refractivity contribution is 0.0908. The Balaban J connectivity index is 1.99. The molecule has 0 saturated heterocycles. The molecule has 0 bridgehead atoms. The number of carbonyl (C=O) groups is 1. The molecule has 22 heavy (non-hydrogen) atoms. The summed E-state index contributed by atoms with van der Waals surface area (Å²) in [7, 11) is 0.227. The molecule has 0 aliphatic heterocycles. The van der Waals surface area contributed by atoms with Gasteiger partial charge in [-0.05, 0) is 24.3 Å². The van der Waals surface area contributed by atoms with Crippen molar-refractivity contribution in [3.63, 3.8) is 0 Å². The second-order valence-electron chi connectivity index (χ2n) is 4.43. The summed E-state index contributed by atoms with van der Waals surface area (Å²) in [6, 6.07) is 10.1. The number of rotatable bonds is 7. The van der Waals surface area contributed by atoms with E-state index in [-0.39, 0.29) is 17.4 Å². The minimum absolute atomic E-state index is 0.162. The molecule has 1 N–H and O–H groups in total. The van der Waals surface area contributed by atoms with Gasteiger partial charge in [0.1, 0.15) is 5.76 Å². The second-order valence-corrected chi connectivity index (χ2v) is 6.26. The Bertz CT molecular complexity index is 671. The zero-order valence-corrected chi connectivity index (χ0v) is 13.6. The topological polar surface area (TPSA) is 68.5 Å². The average molecular weight is 342 g/mol. The van der Waals surface area contributed by atoms with E-state index in [1.165, 1.54) is 0 Å². The molecule has 0 aliphatic carbocycles. The molecule has 1 aromatic carbocycles. The van der Waals surface area contributed by atoms with E-state index in [2.05, 4.69) is 5.32 Å². The van der Waals surface area contributed by atoms with E-state index >= 15 is 0 Å². The molecule has 1 amide bonds. The molecule has 118 valence electrons. The summed E-state index contributed by atoms with van der Waals surface area (Å²) >= 11 is 6.01. The quantitative estimate of drug-likeness (QED) is 0.786. The van der Waals surface area contributed by atoms with E-state index in [1.807, 2.05) is 0 Å². The van der Waals surface area contributed by atoms with Gasteiger partial charge in [0.15, 0.2) is 5.76 Å². The number of furan rings is 1. The van der Waals surface area contributed by atoms with E-state index < -0.39 is 10.8 Å². The van der Waals surface area contributed by atoms with Gasteiger partial charge in [-0.3, -0.25) is 9.00 Å². The van der Waals surface area contributed by atoms with Crippen LogP contribution in [0.25, 0.3) is 0 Å². The van der Waals surface area contributed by atoms with Crippen molar-refractivity contribution in [1.82, 2.24) is 5.32 Å². The molecule has 2 rings (SSSR count). The van der Waals surface area contributed by atoms with Gasteiger partial charge in [0.2, 0.25) is 0 Å². The van der Waals surface area contributed by atoms with E-state index in [4.69, 9.17) is 20.8 Å². The third-order valence-corrected chi connectivity index (χ3v) is 4.67. The highest BCUT2D eigenvalue weighted by atomic mass is 35.5. The molecule has 1 heterocycles. The van der Waals surface area contributed by atoms with E-state index in [9.17, 15) is 9.00 Å². The lowest BCUT2D eigenvalue weighted by Crippen LogP contribution is -2.26. The Morgan fingerprint density at radius 1 is 1.32 bits per heavy atom. The van der Waals surface area contributed by atoms with E-state index in [0.717, 1.165) is 0 Å². The molecule has 0 saturated carbocycles. The van der Waals surface area contributed by atoms with Gasteiger partial charge >= 0.3 is 0 Å². The Morgan fingerprint density at radius 2 is 2.09 bits per heavy atom. The van der Waals surface area contributed by atoms with Crippen LogP contribution in [-0.4, -0.2) is 30.4 Å². The highest BCUT2D eigenvalue weighted by molar-refractivity contribution is 7.84. The first-order chi connectivity index (χ1) is 10.6. The van der Waals surface area contributed by atoms with Gasteiger partial charge in [0.25, 0.3) is 5.91 Å². The molecule has 1 atom stereocenters. The van der Waals surface area contributed by atoms with Crippen molar-refractivity contribution in [2.24, 2.45) is 0 Å². The Morgan fingerprint density at radius 3 is 2.82 bits per heavy atom. The third-order valence-electron chi connectivity index (χ3n) is 2.83. The fourth-order valence-corrected chi connectivity index (χ4v) is 3.25. The molecule has 2 aromatic rings. The summed E-state index contributed by atoms with van der Waals surface area (Å²) in [4.78, 5) is 12.3. The van der Waals surface area contributed by atoms with Crippen LogP contribution in [0.4, 0.5) is 0 Å². The number of methoxy groups -OCH3 is 1. The van der Waals surface area contributed by atoms with Gasteiger partial charge in [0, 0.05) is 13.7 Å². The molecule has 0 aliphatic rings. The summed E-state index contributed by atoms with van der Waals surface area (Å²) < 4.78 is 22.5. The molecule has 0 radical (unpaired) electrons. The normalized spacial score (nSPS) is 12.1.